The number of hydrogen-bond acceptors (Lipinski definition) is 2. The molecule has 2 amide bonds. The quantitative estimate of drug-likeness (QED) is 0.491. The summed E-state index contributed by atoms with van der Waals surface area (Å²) >= 11 is 0. The molecule has 6 heteroatoms. The van der Waals surface area contributed by atoms with E-state index in [1.165, 1.54) is 0 Å². The number of hydrogen-bond donors (Lipinski definition) is 2. The summed E-state index contributed by atoms with van der Waals surface area (Å²) in [4.78, 5) is 25.0. The average molecular weight is 398 g/mol. The zero-order chi connectivity index (χ0) is 20.8. The van der Waals surface area contributed by atoms with Gasteiger partial charge in [0, 0.05) is 46.4 Å². The van der Waals surface area contributed by atoms with Crippen molar-refractivity contribution in [1.29, 1.82) is 0 Å². The number of amides is 2. The van der Waals surface area contributed by atoms with Crippen molar-refractivity contribution in [2.75, 3.05) is 10.6 Å². The third-order valence-electron chi connectivity index (χ3n) is 4.68. The standard InChI is InChI=1S/C24H20N4O2/c29-23(17-27-13-3-1-4-14-27)25-21-11-7-10-20-19(21)9-8-12-22(20)26-24(30)18-28-15-5-2-6-16-28/h1-16H,17-18H2/p+2. The molecule has 4 rings (SSSR count). The van der Waals surface area contributed by atoms with E-state index in [-0.39, 0.29) is 24.9 Å². The van der Waals surface area contributed by atoms with Gasteiger partial charge >= 0.3 is 0 Å². The smallest absolute Gasteiger partial charge is 0.290 e. The zero-order valence-corrected chi connectivity index (χ0v) is 16.4. The summed E-state index contributed by atoms with van der Waals surface area (Å²) in [6, 6.07) is 22.7. The topological polar surface area (TPSA) is 66.0 Å². The first-order valence-corrected chi connectivity index (χ1v) is 9.69. The normalized spacial score (nSPS) is 10.5. The van der Waals surface area contributed by atoms with Crippen LogP contribution in [0, 0.1) is 0 Å². The van der Waals surface area contributed by atoms with Crippen LogP contribution < -0.4 is 19.8 Å². The van der Waals surface area contributed by atoms with Crippen molar-refractivity contribution >= 4 is 34.0 Å². The van der Waals surface area contributed by atoms with E-state index in [1.54, 1.807) is 0 Å². The van der Waals surface area contributed by atoms with Crippen LogP contribution in [0.1, 0.15) is 0 Å². The van der Waals surface area contributed by atoms with E-state index in [4.69, 9.17) is 0 Å². The number of pyridine rings is 2. The molecule has 148 valence electrons. The predicted molar refractivity (Wildman–Crippen MR) is 114 cm³/mol. The lowest BCUT2D eigenvalue weighted by atomic mass is 10.1. The van der Waals surface area contributed by atoms with Crippen molar-refractivity contribution in [3.8, 4) is 0 Å². The molecule has 6 nitrogen and oxygen atoms in total. The van der Waals surface area contributed by atoms with Crippen molar-refractivity contribution in [3.63, 3.8) is 0 Å². The van der Waals surface area contributed by atoms with E-state index in [0.717, 1.165) is 10.8 Å². The Morgan fingerprint density at radius 3 is 1.37 bits per heavy atom. The maximum Gasteiger partial charge on any atom is 0.290 e. The van der Waals surface area contributed by atoms with Crippen molar-refractivity contribution in [3.05, 3.63) is 97.6 Å². The molecule has 0 unspecified atom stereocenters. The monoisotopic (exact) mass is 398 g/mol. The fourth-order valence-electron chi connectivity index (χ4n) is 3.32. The van der Waals surface area contributed by atoms with Gasteiger partial charge in [-0.15, -0.1) is 0 Å². The van der Waals surface area contributed by atoms with Crippen molar-refractivity contribution in [1.82, 2.24) is 0 Å². The Hall–Kier alpha value is -4.06. The first-order valence-electron chi connectivity index (χ1n) is 9.69. The van der Waals surface area contributed by atoms with Crippen molar-refractivity contribution in [2.24, 2.45) is 0 Å². The fourth-order valence-corrected chi connectivity index (χ4v) is 3.32. The molecule has 0 atom stereocenters. The number of anilines is 2. The molecule has 0 aliphatic carbocycles. The largest absolute Gasteiger partial charge is 0.320 e. The number of carbonyl (C=O) groups excluding carboxylic acids is 2. The minimum Gasteiger partial charge on any atom is -0.320 e. The summed E-state index contributed by atoms with van der Waals surface area (Å²) in [5.41, 5.74) is 1.42. The first-order chi connectivity index (χ1) is 14.7. The van der Waals surface area contributed by atoms with Crippen LogP contribution >= 0.6 is 0 Å². The molecular weight excluding hydrogens is 376 g/mol. The van der Waals surface area contributed by atoms with Crippen molar-refractivity contribution < 1.29 is 18.7 Å². The van der Waals surface area contributed by atoms with Crippen LogP contribution in [-0.2, 0) is 22.7 Å². The molecular formula is C24H22N4O2+2. The Kier molecular flexibility index (Phi) is 5.75. The van der Waals surface area contributed by atoms with Gasteiger partial charge in [0.1, 0.15) is 0 Å². The predicted octanol–water partition coefficient (Wildman–Crippen LogP) is 2.69. The molecule has 0 fully saturated rings. The van der Waals surface area contributed by atoms with E-state index < -0.39 is 0 Å². The maximum absolute atomic E-state index is 12.5. The lowest BCUT2D eigenvalue weighted by Crippen LogP contribution is -2.39. The molecule has 0 bridgehead atoms. The van der Waals surface area contributed by atoms with Gasteiger partial charge in [-0.05, 0) is 12.1 Å². The highest BCUT2D eigenvalue weighted by molar-refractivity contribution is 6.08. The molecule has 30 heavy (non-hydrogen) atoms. The zero-order valence-electron chi connectivity index (χ0n) is 16.4. The molecule has 0 aliphatic rings. The lowest BCUT2D eigenvalue weighted by Gasteiger charge is -2.11. The third-order valence-corrected chi connectivity index (χ3v) is 4.68. The second-order valence-electron chi connectivity index (χ2n) is 6.90. The van der Waals surface area contributed by atoms with Gasteiger partial charge in [0.15, 0.2) is 24.8 Å². The van der Waals surface area contributed by atoms with E-state index in [2.05, 4.69) is 10.6 Å². The van der Waals surface area contributed by atoms with Gasteiger partial charge in [0.25, 0.3) is 11.8 Å². The Morgan fingerprint density at radius 2 is 0.967 bits per heavy atom. The summed E-state index contributed by atoms with van der Waals surface area (Å²) < 4.78 is 3.63. The minimum absolute atomic E-state index is 0.117. The number of nitrogens with zero attached hydrogens (tertiary/aromatic N) is 2. The summed E-state index contributed by atoms with van der Waals surface area (Å²) in [6.45, 7) is 0.448. The van der Waals surface area contributed by atoms with Crippen LogP contribution in [-0.4, -0.2) is 11.8 Å². The Balaban J connectivity index is 1.52. The SMILES string of the molecule is O=C(C[n+]1ccccc1)Nc1cccc2c(NC(=O)C[n+]3ccccc3)cccc12. The van der Waals surface area contributed by atoms with Crippen LogP contribution in [0.4, 0.5) is 11.4 Å². The number of rotatable bonds is 6. The summed E-state index contributed by atoms with van der Waals surface area (Å²) in [5.74, 6) is -0.234. The van der Waals surface area contributed by atoms with Crippen LogP contribution in [0.15, 0.2) is 97.6 Å². The van der Waals surface area contributed by atoms with Crippen LogP contribution in [0.5, 0.6) is 0 Å². The first kappa shape index (κ1) is 19.3. The minimum atomic E-state index is -0.117. The third kappa shape index (κ3) is 4.67. The van der Waals surface area contributed by atoms with Crippen LogP contribution in [0.25, 0.3) is 10.8 Å². The van der Waals surface area contributed by atoms with Gasteiger partial charge in [-0.2, -0.15) is 9.13 Å². The van der Waals surface area contributed by atoms with E-state index in [0.29, 0.717) is 11.4 Å². The number of benzene rings is 2. The molecule has 2 aromatic carbocycles. The second kappa shape index (κ2) is 8.96. The Bertz CT molecular complexity index is 1080. The molecule has 2 heterocycles. The summed E-state index contributed by atoms with van der Waals surface area (Å²) in [6.07, 6.45) is 7.39. The van der Waals surface area contributed by atoms with Gasteiger partial charge in [0.2, 0.25) is 13.1 Å². The van der Waals surface area contributed by atoms with Gasteiger partial charge in [-0.25, -0.2) is 0 Å². The average Bonchev–Trinajstić information content (AvgIpc) is 2.76. The number of nitrogens with one attached hydrogen (secondary N) is 2. The van der Waals surface area contributed by atoms with E-state index in [9.17, 15) is 9.59 Å². The van der Waals surface area contributed by atoms with E-state index in [1.807, 2.05) is 107 Å². The highest BCUT2D eigenvalue weighted by Crippen LogP contribution is 2.29. The summed E-state index contributed by atoms with van der Waals surface area (Å²) in [7, 11) is 0. The molecule has 4 aromatic rings. The van der Waals surface area contributed by atoms with Gasteiger partial charge < -0.3 is 10.6 Å². The van der Waals surface area contributed by atoms with Gasteiger partial charge in [0.05, 0.1) is 0 Å². The van der Waals surface area contributed by atoms with Crippen molar-refractivity contribution in [2.45, 2.75) is 13.1 Å². The maximum atomic E-state index is 12.5. The molecule has 0 spiro atoms. The summed E-state index contributed by atoms with van der Waals surface area (Å²) in [5, 5.41) is 7.69. The highest BCUT2D eigenvalue weighted by Gasteiger charge is 2.14. The molecule has 0 radical (unpaired) electrons. The Morgan fingerprint density at radius 1 is 0.567 bits per heavy atom. The lowest BCUT2D eigenvalue weighted by molar-refractivity contribution is -0.684. The highest BCUT2D eigenvalue weighted by atomic mass is 16.2. The fraction of sp³-hybridized carbons (Fsp3) is 0.0833. The van der Waals surface area contributed by atoms with Gasteiger partial charge in [-0.1, -0.05) is 36.4 Å². The molecule has 0 aliphatic heterocycles. The molecule has 0 saturated heterocycles. The molecule has 2 N–H and O–H groups in total. The molecule has 2 aromatic heterocycles. The van der Waals surface area contributed by atoms with Crippen LogP contribution in [0.2, 0.25) is 0 Å². The van der Waals surface area contributed by atoms with E-state index >= 15 is 0 Å². The number of carbonyl (C=O) groups is 2. The van der Waals surface area contributed by atoms with Crippen LogP contribution in [0.3, 0.4) is 0 Å². The number of aromatic nitrogens is 2. The van der Waals surface area contributed by atoms with Gasteiger partial charge in [-0.3, -0.25) is 9.59 Å². The second-order valence-corrected chi connectivity index (χ2v) is 6.90. The molecule has 0 saturated carbocycles. The Labute approximate surface area is 174 Å². The number of fused-ring (bicyclic) bond motifs is 1.